The van der Waals surface area contributed by atoms with E-state index in [9.17, 15) is 0 Å². The van der Waals surface area contributed by atoms with E-state index < -0.39 is 0 Å². The Balaban J connectivity index is 1.83. The molecular formula is C11H16N4O. The summed E-state index contributed by atoms with van der Waals surface area (Å²) in [6.07, 6.45) is 0.296. The number of hydrogen-bond acceptors (Lipinski definition) is 5. The van der Waals surface area contributed by atoms with Crippen LogP contribution >= 0.6 is 0 Å². The second kappa shape index (κ2) is 3.68. The van der Waals surface area contributed by atoms with Crippen molar-refractivity contribution in [3.05, 3.63) is 17.5 Å². The van der Waals surface area contributed by atoms with E-state index in [0.717, 1.165) is 31.0 Å². The Labute approximate surface area is 94.8 Å². The highest BCUT2D eigenvalue weighted by Crippen LogP contribution is 2.26. The molecule has 3 rings (SSSR count). The third-order valence-corrected chi connectivity index (χ3v) is 3.13. The molecule has 0 radical (unpaired) electrons. The summed E-state index contributed by atoms with van der Waals surface area (Å²) >= 11 is 0. The van der Waals surface area contributed by atoms with E-state index in [2.05, 4.69) is 15.3 Å². The van der Waals surface area contributed by atoms with E-state index in [1.165, 1.54) is 0 Å². The van der Waals surface area contributed by atoms with Gasteiger partial charge in [0.1, 0.15) is 6.10 Å². The fourth-order valence-electron chi connectivity index (χ4n) is 2.38. The summed E-state index contributed by atoms with van der Waals surface area (Å²) in [7, 11) is 0. The van der Waals surface area contributed by atoms with E-state index in [0.29, 0.717) is 18.0 Å². The van der Waals surface area contributed by atoms with Crippen molar-refractivity contribution in [2.75, 3.05) is 24.7 Å². The zero-order valence-corrected chi connectivity index (χ0v) is 9.60. The van der Waals surface area contributed by atoms with Gasteiger partial charge in [-0.1, -0.05) is 0 Å². The predicted molar refractivity (Wildman–Crippen MR) is 60.1 cm³/mol. The number of fused-ring (bicyclic) bond motifs is 1. The van der Waals surface area contributed by atoms with E-state index in [4.69, 9.17) is 4.84 Å². The number of hydrogen-bond donors (Lipinski definition) is 1. The highest BCUT2D eigenvalue weighted by molar-refractivity contribution is 5.30. The lowest BCUT2D eigenvalue weighted by atomic mass is 10.1. The number of anilines is 1. The molecule has 0 aromatic carbocycles. The summed E-state index contributed by atoms with van der Waals surface area (Å²) in [5.41, 5.74) is 1.97. The fraction of sp³-hybridized carbons (Fsp3) is 0.636. The van der Waals surface area contributed by atoms with Crippen molar-refractivity contribution in [2.45, 2.75) is 20.0 Å². The summed E-state index contributed by atoms with van der Waals surface area (Å²) in [6.45, 7) is 6.83. The Bertz CT molecular complexity index is 377. The van der Waals surface area contributed by atoms with Gasteiger partial charge in [-0.15, -0.1) is 0 Å². The van der Waals surface area contributed by atoms with Crippen LogP contribution in [0, 0.1) is 19.8 Å². The van der Waals surface area contributed by atoms with Crippen molar-refractivity contribution in [1.29, 1.82) is 0 Å². The monoisotopic (exact) mass is 220 g/mol. The van der Waals surface area contributed by atoms with Gasteiger partial charge in [0, 0.05) is 30.4 Å². The molecule has 86 valence electrons. The zero-order valence-electron chi connectivity index (χ0n) is 9.60. The van der Waals surface area contributed by atoms with Crippen molar-refractivity contribution in [3.8, 4) is 0 Å². The molecule has 2 unspecified atom stereocenters. The molecule has 2 fully saturated rings. The normalized spacial score (nSPS) is 28.5. The van der Waals surface area contributed by atoms with Crippen molar-refractivity contribution in [2.24, 2.45) is 5.92 Å². The lowest BCUT2D eigenvalue weighted by molar-refractivity contribution is 0.0863. The molecule has 2 saturated heterocycles. The van der Waals surface area contributed by atoms with Gasteiger partial charge in [0.25, 0.3) is 0 Å². The van der Waals surface area contributed by atoms with E-state index in [-0.39, 0.29) is 0 Å². The Morgan fingerprint density at radius 3 is 2.75 bits per heavy atom. The van der Waals surface area contributed by atoms with Crippen LogP contribution in [-0.2, 0) is 4.84 Å². The second-order valence-corrected chi connectivity index (χ2v) is 4.57. The number of nitrogens with one attached hydrogen (secondary N) is 1. The number of rotatable bonds is 1. The minimum atomic E-state index is 0.296. The molecule has 5 nitrogen and oxygen atoms in total. The lowest BCUT2D eigenvalue weighted by Gasteiger charge is -2.16. The Morgan fingerprint density at radius 1 is 1.31 bits per heavy atom. The van der Waals surface area contributed by atoms with Crippen LogP contribution < -0.4 is 10.4 Å². The maximum atomic E-state index is 5.83. The van der Waals surface area contributed by atoms with Crippen LogP contribution in [0.15, 0.2) is 6.07 Å². The van der Waals surface area contributed by atoms with E-state index in [1.54, 1.807) is 0 Å². The topological polar surface area (TPSA) is 50.3 Å². The van der Waals surface area contributed by atoms with Crippen molar-refractivity contribution >= 4 is 5.95 Å². The van der Waals surface area contributed by atoms with Crippen molar-refractivity contribution < 1.29 is 4.84 Å². The summed E-state index contributed by atoms with van der Waals surface area (Å²) in [6, 6.07) is 1.97. The highest BCUT2D eigenvalue weighted by atomic mass is 16.7. The van der Waals surface area contributed by atoms with Gasteiger partial charge in [0.05, 0.1) is 6.54 Å². The maximum Gasteiger partial charge on any atom is 0.250 e. The van der Waals surface area contributed by atoms with Crippen LogP contribution in [0.2, 0.25) is 0 Å². The SMILES string of the molecule is Cc1cc(C)nc(N2CC3CNCC3O2)n1. The van der Waals surface area contributed by atoms with Crippen LogP contribution in [0.3, 0.4) is 0 Å². The molecule has 1 aromatic rings. The second-order valence-electron chi connectivity index (χ2n) is 4.57. The molecule has 0 amide bonds. The van der Waals surface area contributed by atoms with E-state index >= 15 is 0 Å². The largest absolute Gasteiger partial charge is 0.314 e. The predicted octanol–water partition coefficient (Wildman–Crippen LogP) is 0.433. The Morgan fingerprint density at radius 2 is 2.06 bits per heavy atom. The number of nitrogens with zero attached hydrogens (tertiary/aromatic N) is 3. The first-order valence-electron chi connectivity index (χ1n) is 5.70. The van der Waals surface area contributed by atoms with Gasteiger partial charge in [0.2, 0.25) is 5.95 Å². The molecule has 16 heavy (non-hydrogen) atoms. The molecule has 2 aliphatic heterocycles. The molecule has 1 aromatic heterocycles. The number of aryl methyl sites for hydroxylation is 2. The molecule has 1 N–H and O–H groups in total. The van der Waals surface area contributed by atoms with Gasteiger partial charge in [-0.3, -0.25) is 4.84 Å². The van der Waals surface area contributed by atoms with Gasteiger partial charge in [-0.05, 0) is 19.9 Å². The number of aromatic nitrogens is 2. The van der Waals surface area contributed by atoms with Crippen LogP contribution in [0.25, 0.3) is 0 Å². The van der Waals surface area contributed by atoms with E-state index in [1.807, 2.05) is 25.0 Å². The van der Waals surface area contributed by atoms with Crippen LogP contribution in [0.4, 0.5) is 5.95 Å². The molecular weight excluding hydrogens is 204 g/mol. The quantitative estimate of drug-likeness (QED) is 0.744. The van der Waals surface area contributed by atoms with Crippen molar-refractivity contribution in [1.82, 2.24) is 15.3 Å². The van der Waals surface area contributed by atoms with Crippen molar-refractivity contribution in [3.63, 3.8) is 0 Å². The molecule has 3 heterocycles. The minimum absolute atomic E-state index is 0.296. The molecule has 0 bridgehead atoms. The average Bonchev–Trinajstić information content (AvgIpc) is 2.74. The first-order valence-corrected chi connectivity index (χ1v) is 5.70. The van der Waals surface area contributed by atoms with Crippen LogP contribution in [0.1, 0.15) is 11.4 Å². The third-order valence-electron chi connectivity index (χ3n) is 3.13. The number of hydroxylamine groups is 1. The third kappa shape index (κ3) is 1.66. The Hall–Kier alpha value is -1.20. The maximum absolute atomic E-state index is 5.83. The smallest absolute Gasteiger partial charge is 0.250 e. The summed E-state index contributed by atoms with van der Waals surface area (Å²) in [4.78, 5) is 14.7. The average molecular weight is 220 g/mol. The molecule has 0 saturated carbocycles. The minimum Gasteiger partial charge on any atom is -0.314 e. The Kier molecular flexibility index (Phi) is 2.29. The first-order chi connectivity index (χ1) is 7.72. The standard InChI is InChI=1S/C11H16N4O/c1-7-3-8(2)14-11(13-7)15-6-9-4-12-5-10(9)16-15/h3,9-10,12H,4-6H2,1-2H3. The zero-order chi connectivity index (χ0) is 11.1. The summed E-state index contributed by atoms with van der Waals surface area (Å²) < 4.78 is 0. The summed E-state index contributed by atoms with van der Waals surface area (Å²) in [5.74, 6) is 1.27. The van der Waals surface area contributed by atoms with Gasteiger partial charge in [-0.2, -0.15) is 0 Å². The van der Waals surface area contributed by atoms with Gasteiger partial charge < -0.3 is 5.32 Å². The first kappa shape index (κ1) is 9.99. The molecule has 0 spiro atoms. The van der Waals surface area contributed by atoms with Gasteiger partial charge >= 0.3 is 0 Å². The van der Waals surface area contributed by atoms with Gasteiger partial charge in [-0.25, -0.2) is 15.0 Å². The molecule has 5 heteroatoms. The lowest BCUT2D eigenvalue weighted by Crippen LogP contribution is -2.26. The fourth-order valence-corrected chi connectivity index (χ4v) is 2.38. The molecule has 2 aliphatic rings. The van der Waals surface area contributed by atoms with Crippen LogP contribution in [0.5, 0.6) is 0 Å². The van der Waals surface area contributed by atoms with Crippen LogP contribution in [-0.4, -0.2) is 35.7 Å². The molecule has 2 atom stereocenters. The van der Waals surface area contributed by atoms with Gasteiger partial charge in [0.15, 0.2) is 0 Å². The summed E-state index contributed by atoms with van der Waals surface area (Å²) in [5, 5.41) is 5.17. The molecule has 0 aliphatic carbocycles. The highest BCUT2D eigenvalue weighted by Gasteiger charge is 2.38.